The molecule has 0 saturated heterocycles. The molecule has 0 amide bonds. The molecule has 0 saturated carbocycles. The third kappa shape index (κ3) is 69.1. The summed E-state index contributed by atoms with van der Waals surface area (Å²) < 4.78 is 7.09. The normalized spacial score (nSPS) is 11.8. The highest BCUT2D eigenvalue weighted by atomic mass is 15.1. The van der Waals surface area contributed by atoms with Crippen molar-refractivity contribution in [2.24, 2.45) is 0 Å². The molecule has 6 nitrogen and oxygen atoms in total. The van der Waals surface area contributed by atoms with Crippen LogP contribution in [0.4, 0.5) is 17.1 Å². The van der Waals surface area contributed by atoms with Gasteiger partial charge in [-0.25, -0.2) is 13.7 Å². The molecule has 3 aromatic heterocycles. The summed E-state index contributed by atoms with van der Waals surface area (Å²) in [7, 11) is 0. The van der Waals surface area contributed by atoms with Crippen LogP contribution in [0.3, 0.4) is 0 Å². The number of benzene rings is 4. The first-order valence-corrected chi connectivity index (χ1v) is 66.0. The first-order chi connectivity index (χ1) is 74.3. The Morgan fingerprint density at radius 1 is 0.140 bits per heavy atom. The SMILES string of the molecule is CCCCCCCCCCCCCCCCN(CCCCCCCCCCCCCCCC)c1ccc(/C=C/c2cc[n+](Cc3cc(C[n+]4ccc(/C=C/c5ccc(N(CCCCCCCCCCCCCCCC)CCCCCCCCCCCCCCCC)cc5)cc4)cc(C[n+]4ccc(/C=C/c5ccc(N(CCCCCCCCCCCCCCCC)CCCCCCCCCCCCCCCC)cc5)cc4)c3)cc2)cc1. The maximum atomic E-state index is 2.73. The van der Waals surface area contributed by atoms with Crippen molar-refractivity contribution in [1.29, 1.82) is 0 Å². The van der Waals surface area contributed by atoms with Gasteiger partial charge in [-0.15, -0.1) is 0 Å². The van der Waals surface area contributed by atoms with E-state index in [1.807, 2.05) is 0 Å². The fraction of sp³-hybridized carbons (Fsp3) is 0.688. The monoisotopic (exact) mass is 2050 g/mol. The number of rotatable bonds is 105. The second kappa shape index (κ2) is 94.3. The van der Waals surface area contributed by atoms with Crippen molar-refractivity contribution in [2.75, 3.05) is 54.0 Å². The molecular formula is C144H237N6+3. The van der Waals surface area contributed by atoms with Gasteiger partial charge in [-0.2, -0.15) is 0 Å². The molecule has 0 aliphatic heterocycles. The van der Waals surface area contributed by atoms with E-state index in [2.05, 4.69) is 271 Å². The average Bonchev–Trinajstić information content (AvgIpc) is 0.831. The lowest BCUT2D eigenvalue weighted by molar-refractivity contribution is -0.690. The number of anilines is 3. The van der Waals surface area contributed by atoms with Crippen LogP contribution in [0.1, 0.15) is 631 Å². The van der Waals surface area contributed by atoms with Crippen molar-refractivity contribution in [2.45, 2.75) is 601 Å². The van der Waals surface area contributed by atoms with Crippen molar-refractivity contribution in [1.82, 2.24) is 0 Å². The van der Waals surface area contributed by atoms with Gasteiger partial charge < -0.3 is 14.7 Å². The Hall–Kier alpha value is -7.05. The molecule has 0 radical (unpaired) electrons. The summed E-state index contributed by atoms with van der Waals surface area (Å²) in [6.45, 7) is 23.3. The second-order valence-electron chi connectivity index (χ2n) is 46.9. The van der Waals surface area contributed by atoms with Crippen molar-refractivity contribution in [3.8, 4) is 0 Å². The van der Waals surface area contributed by atoms with Crippen molar-refractivity contribution in [3.05, 3.63) is 215 Å². The lowest BCUT2D eigenvalue weighted by Gasteiger charge is -2.25. The Morgan fingerprint density at radius 2 is 0.253 bits per heavy atom. The van der Waals surface area contributed by atoms with Gasteiger partial charge in [-0.05, 0) is 127 Å². The lowest BCUT2D eigenvalue weighted by Crippen LogP contribution is -2.36. The molecule has 0 fully saturated rings. The number of aromatic nitrogens is 3. The summed E-state index contributed by atoms with van der Waals surface area (Å²) in [5.41, 5.74) is 15.6. The Morgan fingerprint density at radius 3 is 0.380 bits per heavy atom. The maximum Gasteiger partial charge on any atom is 0.173 e. The quantitative estimate of drug-likeness (QED) is 0.0280. The molecular weight excluding hydrogens is 1810 g/mol. The van der Waals surface area contributed by atoms with Gasteiger partial charge in [0.2, 0.25) is 0 Å². The van der Waals surface area contributed by atoms with Gasteiger partial charge >= 0.3 is 0 Å². The second-order valence-corrected chi connectivity index (χ2v) is 46.9. The molecule has 0 aliphatic rings. The number of pyridine rings is 3. The summed E-state index contributed by atoms with van der Waals surface area (Å²) in [6.07, 6.45) is 146. The predicted molar refractivity (Wildman–Crippen MR) is 668 cm³/mol. The zero-order chi connectivity index (χ0) is 105. The first-order valence-electron chi connectivity index (χ1n) is 66.0. The van der Waals surface area contributed by atoms with Gasteiger partial charge in [0.1, 0.15) is 0 Å². The summed E-state index contributed by atoms with van der Waals surface area (Å²) >= 11 is 0. The molecule has 150 heavy (non-hydrogen) atoms. The number of hydrogen-bond donors (Lipinski definition) is 0. The van der Waals surface area contributed by atoms with E-state index < -0.39 is 0 Å². The molecule has 3 heterocycles. The summed E-state index contributed by atoms with van der Waals surface area (Å²) in [4.78, 5) is 8.18. The molecule has 0 bridgehead atoms. The predicted octanol–water partition coefficient (Wildman–Crippen LogP) is 44.5. The highest BCUT2D eigenvalue weighted by Gasteiger charge is 2.17. The van der Waals surface area contributed by atoms with E-state index in [1.54, 1.807) is 0 Å². The molecule has 0 N–H and O–H groups in total. The molecule has 6 heteroatoms. The number of hydrogen-bond acceptors (Lipinski definition) is 3. The number of nitrogens with zero attached hydrogens (tertiary/aromatic N) is 6. The van der Waals surface area contributed by atoms with E-state index in [9.17, 15) is 0 Å². The van der Waals surface area contributed by atoms with E-state index in [-0.39, 0.29) is 0 Å². The van der Waals surface area contributed by atoms with E-state index >= 15 is 0 Å². The van der Waals surface area contributed by atoms with Gasteiger partial charge in [0.25, 0.3) is 0 Å². The van der Waals surface area contributed by atoms with Gasteiger partial charge in [0.15, 0.2) is 56.8 Å². The molecule has 7 rings (SSSR count). The molecule has 4 aromatic carbocycles. The van der Waals surface area contributed by atoms with Crippen molar-refractivity contribution < 1.29 is 13.7 Å². The van der Waals surface area contributed by atoms with E-state index in [1.165, 1.54) is 646 Å². The summed E-state index contributed by atoms with van der Waals surface area (Å²) in [5.74, 6) is 0. The van der Waals surface area contributed by atoms with Crippen LogP contribution in [0.5, 0.6) is 0 Å². The largest absolute Gasteiger partial charge is 0.372 e. The molecule has 0 unspecified atom stereocenters. The van der Waals surface area contributed by atoms with Crippen LogP contribution in [0, 0.1) is 0 Å². The zero-order valence-electron chi connectivity index (χ0n) is 99.5. The van der Waals surface area contributed by atoms with Crippen LogP contribution in [0.25, 0.3) is 36.5 Å². The topological polar surface area (TPSA) is 21.4 Å². The lowest BCUT2D eigenvalue weighted by atomic mass is 10.0. The van der Waals surface area contributed by atoms with Crippen LogP contribution in [0.15, 0.2) is 165 Å². The standard InChI is InChI=1S/C144H237N6/c1-7-13-19-25-31-37-43-49-55-61-67-73-79-85-115-148(116-86-80-74-68-62-56-50-44-38-32-26-20-14-8-2)142-103-97-133(98-104-142)91-94-136-109-121-145(122-110-136)130-139-127-140(131-146-123-111-137(112-124-146)95-92-134-99-105-143(106-100-134)149(117-87-81-75-69-63-57-51-45-39-33-27-21-15-9-3)118-88-82-76-70-64-58-52-46-40-34-28-22-16-10-4)129-141(128-139)132-147-125-113-138(114-126-147)96-93-135-101-107-144(108-102-135)150(119-89-83-77-71-65-59-53-47-41-35-29-23-17-11-5)120-90-84-78-72-66-60-54-48-42-36-30-24-18-12-6/h91-114,121-129H,7-90,115-120,130-132H2,1-6H3/q+3. The third-order valence-corrected chi connectivity index (χ3v) is 32.8. The van der Waals surface area contributed by atoms with Gasteiger partial charge in [0.05, 0.1) is 0 Å². The fourth-order valence-corrected chi connectivity index (χ4v) is 22.9. The van der Waals surface area contributed by atoms with Crippen LogP contribution in [-0.4, -0.2) is 39.3 Å². The molecule has 7 aromatic rings. The fourth-order valence-electron chi connectivity index (χ4n) is 22.9. The van der Waals surface area contributed by atoms with Gasteiger partial charge in [-0.1, -0.05) is 615 Å². The third-order valence-electron chi connectivity index (χ3n) is 32.8. The number of unbranched alkanes of at least 4 members (excludes halogenated alkanes) is 78. The first kappa shape index (κ1) is 130. The highest BCUT2D eigenvalue weighted by Crippen LogP contribution is 2.29. The van der Waals surface area contributed by atoms with Gasteiger partial charge in [-0.3, -0.25) is 0 Å². The molecule has 0 spiro atoms. The van der Waals surface area contributed by atoms with Crippen LogP contribution in [0.2, 0.25) is 0 Å². The summed E-state index contributed by atoms with van der Waals surface area (Å²) in [5, 5.41) is 0. The van der Waals surface area contributed by atoms with Gasteiger partial charge in [0, 0.05) is 109 Å². The van der Waals surface area contributed by atoms with E-state index in [4.69, 9.17) is 0 Å². The highest BCUT2D eigenvalue weighted by molar-refractivity contribution is 5.72. The maximum absolute atomic E-state index is 2.73. The zero-order valence-corrected chi connectivity index (χ0v) is 99.5. The Kier molecular flexibility index (Phi) is 81.6. The van der Waals surface area contributed by atoms with Crippen LogP contribution >= 0.6 is 0 Å². The Bertz CT molecular complexity index is 3670. The van der Waals surface area contributed by atoms with Crippen molar-refractivity contribution >= 4 is 53.5 Å². The van der Waals surface area contributed by atoms with E-state index in [0.29, 0.717) is 0 Å². The Balaban J connectivity index is 0.999. The smallest absolute Gasteiger partial charge is 0.173 e. The minimum absolute atomic E-state index is 0.792. The minimum Gasteiger partial charge on any atom is -0.372 e. The molecule has 0 atom stereocenters. The van der Waals surface area contributed by atoms with Crippen LogP contribution < -0.4 is 28.4 Å². The van der Waals surface area contributed by atoms with Crippen LogP contribution in [-0.2, 0) is 19.6 Å². The summed E-state index contributed by atoms with van der Waals surface area (Å²) in [6, 6.07) is 49.7. The average molecular weight is 2050 g/mol. The molecule has 0 aliphatic carbocycles. The Labute approximate surface area is 930 Å². The molecule has 840 valence electrons. The van der Waals surface area contributed by atoms with Crippen molar-refractivity contribution in [3.63, 3.8) is 0 Å². The van der Waals surface area contributed by atoms with E-state index in [0.717, 1.165) is 19.6 Å². The minimum atomic E-state index is 0.792.